The van der Waals surface area contributed by atoms with Crippen molar-refractivity contribution in [1.82, 2.24) is 0 Å². The van der Waals surface area contributed by atoms with Gasteiger partial charge >= 0.3 is 17.9 Å². The van der Waals surface area contributed by atoms with Crippen LogP contribution in [-0.2, 0) is 28.6 Å². The van der Waals surface area contributed by atoms with Crippen LogP contribution in [0.25, 0.3) is 0 Å². The van der Waals surface area contributed by atoms with E-state index in [1.54, 1.807) is 0 Å². The molecule has 0 unspecified atom stereocenters. The summed E-state index contributed by atoms with van der Waals surface area (Å²) in [5.41, 5.74) is 0.152. The van der Waals surface area contributed by atoms with Crippen molar-refractivity contribution in [3.05, 3.63) is 24.3 Å². The first-order valence-corrected chi connectivity index (χ1v) is 11.7. The zero-order chi connectivity index (χ0) is 23.9. The average Bonchev–Trinajstić information content (AvgIpc) is 2.68. The van der Waals surface area contributed by atoms with E-state index in [-0.39, 0.29) is 46.0 Å². The fourth-order valence-corrected chi connectivity index (χ4v) is 6.96. The van der Waals surface area contributed by atoms with Crippen LogP contribution in [0.1, 0.15) is 73.6 Å². The van der Waals surface area contributed by atoms with Crippen LogP contribution in [0.4, 0.5) is 0 Å². The highest BCUT2D eigenvalue weighted by Gasteiger charge is 2.62. The van der Waals surface area contributed by atoms with E-state index in [1.165, 1.54) is 20.8 Å². The Labute approximate surface area is 191 Å². The number of ether oxygens (including phenoxy) is 3. The van der Waals surface area contributed by atoms with Crippen LogP contribution in [0, 0.1) is 28.1 Å². The summed E-state index contributed by atoms with van der Waals surface area (Å²) in [5.74, 6) is -0.798. The van der Waals surface area contributed by atoms with E-state index < -0.39 is 12.2 Å². The maximum Gasteiger partial charge on any atom is 0.303 e. The predicted octanol–water partition coefficient (Wildman–Crippen LogP) is 4.77. The molecule has 6 heteroatoms. The molecule has 2 saturated carbocycles. The molecule has 3 rings (SSSR count). The van der Waals surface area contributed by atoms with Crippen molar-refractivity contribution in [3.63, 3.8) is 0 Å². The molecule has 0 amide bonds. The molecular weight excluding hydrogens is 408 g/mol. The van der Waals surface area contributed by atoms with Gasteiger partial charge in [-0.05, 0) is 48.7 Å². The molecule has 0 saturated heterocycles. The maximum absolute atomic E-state index is 12.1. The molecule has 0 bridgehead atoms. The van der Waals surface area contributed by atoms with E-state index in [2.05, 4.69) is 27.4 Å². The van der Waals surface area contributed by atoms with Gasteiger partial charge in [0.15, 0.2) is 0 Å². The minimum absolute atomic E-state index is 0.00758. The zero-order valence-electron chi connectivity index (χ0n) is 20.4. The van der Waals surface area contributed by atoms with Gasteiger partial charge in [-0.25, -0.2) is 0 Å². The van der Waals surface area contributed by atoms with E-state index in [9.17, 15) is 14.4 Å². The minimum Gasteiger partial charge on any atom is -0.465 e. The molecule has 3 aliphatic rings. The molecule has 7 atom stereocenters. The van der Waals surface area contributed by atoms with Crippen molar-refractivity contribution in [1.29, 1.82) is 0 Å². The van der Waals surface area contributed by atoms with Gasteiger partial charge in [-0.15, -0.1) is 6.58 Å². The number of rotatable bonds is 5. The van der Waals surface area contributed by atoms with E-state index in [0.29, 0.717) is 6.61 Å². The number of hydrogen-bond donors (Lipinski definition) is 0. The molecule has 0 spiro atoms. The van der Waals surface area contributed by atoms with E-state index in [0.717, 1.165) is 37.7 Å². The highest BCUT2D eigenvalue weighted by Crippen LogP contribution is 2.64. The second kappa shape index (κ2) is 8.68. The largest absolute Gasteiger partial charge is 0.465 e. The number of esters is 3. The first-order valence-electron chi connectivity index (χ1n) is 11.7. The van der Waals surface area contributed by atoms with Gasteiger partial charge in [0.25, 0.3) is 0 Å². The maximum atomic E-state index is 12.1. The molecule has 3 aliphatic carbocycles. The average molecular weight is 447 g/mol. The second-order valence-corrected chi connectivity index (χ2v) is 10.8. The lowest BCUT2D eigenvalue weighted by Crippen LogP contribution is -2.60. The van der Waals surface area contributed by atoms with Crippen LogP contribution < -0.4 is 0 Å². The van der Waals surface area contributed by atoms with Gasteiger partial charge in [0, 0.05) is 37.5 Å². The first-order chi connectivity index (χ1) is 14.9. The fourth-order valence-electron chi connectivity index (χ4n) is 6.96. The first kappa shape index (κ1) is 24.5. The van der Waals surface area contributed by atoms with Crippen molar-refractivity contribution < 1.29 is 28.6 Å². The van der Waals surface area contributed by atoms with Gasteiger partial charge in [-0.3, -0.25) is 14.4 Å². The van der Waals surface area contributed by atoms with E-state index in [1.807, 2.05) is 12.2 Å². The summed E-state index contributed by atoms with van der Waals surface area (Å²) in [4.78, 5) is 35.8. The quantitative estimate of drug-likeness (QED) is 0.344. The summed E-state index contributed by atoms with van der Waals surface area (Å²) in [7, 11) is 0. The van der Waals surface area contributed by atoms with Crippen LogP contribution in [0.5, 0.6) is 0 Å². The Kier molecular flexibility index (Phi) is 6.65. The molecule has 0 aromatic carbocycles. The number of hydrogen-bond acceptors (Lipinski definition) is 6. The molecule has 0 aliphatic heterocycles. The lowest BCUT2D eigenvalue weighted by atomic mass is 9.44. The Morgan fingerprint density at radius 1 is 1.03 bits per heavy atom. The Balaban J connectivity index is 2.14. The molecule has 32 heavy (non-hydrogen) atoms. The number of fused-ring (bicyclic) bond motifs is 3. The van der Waals surface area contributed by atoms with Crippen LogP contribution in [0.15, 0.2) is 24.3 Å². The monoisotopic (exact) mass is 446 g/mol. The normalized spacial score (nSPS) is 40.8. The lowest BCUT2D eigenvalue weighted by Gasteiger charge is -2.62. The Bertz CT molecular complexity index is 830. The van der Waals surface area contributed by atoms with Crippen molar-refractivity contribution in [2.75, 3.05) is 6.61 Å². The van der Waals surface area contributed by atoms with Gasteiger partial charge in [0.05, 0.1) is 6.61 Å². The second-order valence-electron chi connectivity index (χ2n) is 10.8. The summed E-state index contributed by atoms with van der Waals surface area (Å²) >= 11 is 0. The predicted molar refractivity (Wildman–Crippen MR) is 120 cm³/mol. The zero-order valence-corrected chi connectivity index (χ0v) is 20.4. The standard InChI is InChI=1S/C26H38O6/c1-8-24(5)13-10-20-19(23(24)32-18(4)29)14-21(31-17(3)28)22-25(6,15-30-16(2)27)11-9-12-26(20,22)7/h8,14,20-23H,1,9-13,15H2,2-7H3/t20-,21+,22+,23+,24+,25+,26-/m0/s1. The fraction of sp³-hybridized carbons (Fsp3) is 0.731. The highest BCUT2D eigenvalue weighted by molar-refractivity contribution is 5.67. The summed E-state index contributed by atoms with van der Waals surface area (Å²) in [5, 5.41) is 0. The topological polar surface area (TPSA) is 78.9 Å². The number of carbonyl (C=O) groups excluding carboxylic acids is 3. The molecule has 0 heterocycles. The van der Waals surface area contributed by atoms with Crippen molar-refractivity contribution in [2.45, 2.75) is 85.9 Å². The molecule has 6 nitrogen and oxygen atoms in total. The van der Waals surface area contributed by atoms with Crippen LogP contribution in [-0.4, -0.2) is 36.7 Å². The van der Waals surface area contributed by atoms with Crippen molar-refractivity contribution in [2.24, 2.45) is 28.1 Å². The van der Waals surface area contributed by atoms with Crippen LogP contribution >= 0.6 is 0 Å². The van der Waals surface area contributed by atoms with Gasteiger partial charge in [-0.1, -0.05) is 33.3 Å². The molecule has 0 radical (unpaired) electrons. The molecular formula is C26H38O6. The van der Waals surface area contributed by atoms with Gasteiger partial charge in [-0.2, -0.15) is 0 Å². The van der Waals surface area contributed by atoms with E-state index in [4.69, 9.17) is 14.2 Å². The molecule has 178 valence electrons. The van der Waals surface area contributed by atoms with E-state index >= 15 is 0 Å². The summed E-state index contributed by atoms with van der Waals surface area (Å²) < 4.78 is 17.3. The van der Waals surface area contributed by atoms with Crippen molar-refractivity contribution in [3.8, 4) is 0 Å². The third-order valence-electron chi connectivity index (χ3n) is 8.34. The molecule has 0 N–H and O–H groups in total. The minimum atomic E-state index is -0.477. The van der Waals surface area contributed by atoms with Gasteiger partial charge < -0.3 is 14.2 Å². The van der Waals surface area contributed by atoms with Gasteiger partial charge in [0.1, 0.15) is 12.2 Å². The Morgan fingerprint density at radius 2 is 1.69 bits per heavy atom. The lowest BCUT2D eigenvalue weighted by molar-refractivity contribution is -0.179. The molecule has 2 fully saturated rings. The van der Waals surface area contributed by atoms with Crippen LogP contribution in [0.3, 0.4) is 0 Å². The smallest absolute Gasteiger partial charge is 0.303 e. The Morgan fingerprint density at radius 3 is 2.25 bits per heavy atom. The van der Waals surface area contributed by atoms with Gasteiger partial charge in [0.2, 0.25) is 0 Å². The highest BCUT2D eigenvalue weighted by atomic mass is 16.6. The third kappa shape index (κ3) is 4.25. The number of carbonyl (C=O) groups is 3. The SMILES string of the molecule is C=C[C@]1(C)CC[C@H]2C(=C[C@@H](OC(C)=O)[C@@H]3[C@@](C)(COC(C)=O)CCC[C@]32C)[C@H]1OC(C)=O. The summed E-state index contributed by atoms with van der Waals surface area (Å²) in [6, 6.07) is 0. The Hall–Kier alpha value is -2.11. The van der Waals surface area contributed by atoms with Crippen molar-refractivity contribution >= 4 is 17.9 Å². The molecule has 0 aromatic rings. The summed E-state index contributed by atoms with van der Waals surface area (Å²) in [6.07, 6.45) is 7.68. The molecule has 0 aromatic heterocycles. The van der Waals surface area contributed by atoms with Crippen LogP contribution in [0.2, 0.25) is 0 Å². The summed E-state index contributed by atoms with van der Waals surface area (Å²) in [6.45, 7) is 15.1. The third-order valence-corrected chi connectivity index (χ3v) is 8.34.